The van der Waals surface area contributed by atoms with E-state index in [1.165, 1.54) is 4.90 Å². The zero-order valence-corrected chi connectivity index (χ0v) is 17.1. The summed E-state index contributed by atoms with van der Waals surface area (Å²) in [5.41, 5.74) is -0.921. The number of nitrogens with one attached hydrogen (secondary N) is 2. The predicted octanol–water partition coefficient (Wildman–Crippen LogP) is 2.02. The largest absolute Gasteiger partial charge is 0.434 e. The van der Waals surface area contributed by atoms with E-state index in [2.05, 4.69) is 32.8 Å². The number of thiazole rings is 1. The number of aromatic nitrogens is 1. The molecule has 2 fully saturated rings. The number of halogens is 3. The van der Waals surface area contributed by atoms with Crippen molar-refractivity contribution in [2.45, 2.75) is 26.1 Å². The third kappa shape index (κ3) is 3.82. The van der Waals surface area contributed by atoms with E-state index in [1.807, 2.05) is 6.92 Å². The number of amides is 2. The van der Waals surface area contributed by atoms with E-state index in [0.717, 1.165) is 23.1 Å². The van der Waals surface area contributed by atoms with Gasteiger partial charge in [-0.25, -0.2) is 9.98 Å². The third-order valence-electron chi connectivity index (χ3n) is 5.75. The lowest BCUT2D eigenvalue weighted by Crippen LogP contribution is -2.43. The quantitative estimate of drug-likeness (QED) is 0.305. The molecule has 4 atom stereocenters. The summed E-state index contributed by atoms with van der Waals surface area (Å²) in [4.78, 5) is 34.5. The molecule has 11 heteroatoms. The van der Waals surface area contributed by atoms with Crippen molar-refractivity contribution in [2.75, 3.05) is 19.6 Å². The minimum atomic E-state index is -4.47. The van der Waals surface area contributed by atoms with Crippen molar-refractivity contribution in [1.29, 1.82) is 0 Å². The van der Waals surface area contributed by atoms with Crippen LogP contribution in [0, 0.1) is 23.7 Å². The maximum Gasteiger partial charge on any atom is 0.434 e. The number of hydrogen-bond acceptors (Lipinski definition) is 5. The second-order valence-electron chi connectivity index (χ2n) is 7.57. The van der Waals surface area contributed by atoms with Crippen LogP contribution in [-0.4, -0.2) is 47.3 Å². The van der Waals surface area contributed by atoms with E-state index in [9.17, 15) is 22.8 Å². The van der Waals surface area contributed by atoms with E-state index in [-0.39, 0.29) is 53.6 Å². The number of guanidine groups is 1. The molecule has 1 aliphatic heterocycles. The Morgan fingerprint density at radius 1 is 1.23 bits per heavy atom. The van der Waals surface area contributed by atoms with Crippen LogP contribution in [0.2, 0.25) is 0 Å². The molecule has 1 aromatic rings. The summed E-state index contributed by atoms with van der Waals surface area (Å²) in [6, 6.07) is 0. The molecule has 3 aliphatic rings. The first-order valence-electron chi connectivity index (χ1n) is 9.87. The highest BCUT2D eigenvalue weighted by Crippen LogP contribution is 2.52. The Labute approximate surface area is 175 Å². The van der Waals surface area contributed by atoms with E-state index in [0.29, 0.717) is 19.0 Å². The van der Waals surface area contributed by atoms with E-state index >= 15 is 0 Å². The van der Waals surface area contributed by atoms with Gasteiger partial charge in [-0.1, -0.05) is 12.2 Å². The summed E-state index contributed by atoms with van der Waals surface area (Å²) >= 11 is 0.900. The number of hydrogen-bond donors (Lipinski definition) is 2. The molecular weight excluding hydrogens is 419 g/mol. The Hall–Kier alpha value is -2.43. The van der Waals surface area contributed by atoms with Crippen molar-refractivity contribution in [3.05, 3.63) is 28.2 Å². The SMILES string of the molecule is CCNC(=NCc1nc(C(F)(F)F)cs1)NCCN1C(=O)C2C3C=CC(C3)C2C1=O. The van der Waals surface area contributed by atoms with Gasteiger partial charge in [0.25, 0.3) is 0 Å². The zero-order valence-electron chi connectivity index (χ0n) is 16.3. The Morgan fingerprint density at radius 3 is 2.47 bits per heavy atom. The second-order valence-corrected chi connectivity index (χ2v) is 8.52. The van der Waals surface area contributed by atoms with Gasteiger partial charge in [0.2, 0.25) is 11.8 Å². The van der Waals surface area contributed by atoms with Gasteiger partial charge >= 0.3 is 6.18 Å². The lowest BCUT2D eigenvalue weighted by molar-refractivity contribution is -0.141. The highest BCUT2D eigenvalue weighted by molar-refractivity contribution is 7.09. The fourth-order valence-corrected chi connectivity index (χ4v) is 5.20. The summed E-state index contributed by atoms with van der Waals surface area (Å²) in [7, 11) is 0. The van der Waals surface area contributed by atoms with Gasteiger partial charge in [0, 0.05) is 25.0 Å². The normalized spacial score (nSPS) is 27.9. The zero-order chi connectivity index (χ0) is 21.5. The number of likely N-dealkylation sites (tertiary alicyclic amines) is 1. The monoisotopic (exact) mass is 441 g/mol. The van der Waals surface area contributed by atoms with E-state index < -0.39 is 11.9 Å². The first-order chi connectivity index (χ1) is 14.3. The predicted molar refractivity (Wildman–Crippen MR) is 104 cm³/mol. The molecule has 2 aliphatic carbocycles. The topological polar surface area (TPSA) is 86.7 Å². The molecule has 1 saturated heterocycles. The van der Waals surface area contributed by atoms with Gasteiger partial charge in [-0.3, -0.25) is 14.5 Å². The Morgan fingerprint density at radius 2 is 1.90 bits per heavy atom. The maximum absolute atomic E-state index is 12.7. The Bertz CT molecular complexity index is 867. The van der Waals surface area contributed by atoms with Gasteiger partial charge in [-0.05, 0) is 25.2 Å². The molecule has 4 rings (SSSR count). The number of rotatable bonds is 6. The minimum Gasteiger partial charge on any atom is -0.357 e. The first-order valence-corrected chi connectivity index (χ1v) is 10.7. The van der Waals surface area contributed by atoms with Crippen molar-refractivity contribution in [3.8, 4) is 0 Å². The van der Waals surface area contributed by atoms with Gasteiger partial charge in [-0.2, -0.15) is 13.2 Å². The summed E-state index contributed by atoms with van der Waals surface area (Å²) < 4.78 is 38.0. The minimum absolute atomic E-state index is 0.00314. The van der Waals surface area contributed by atoms with Crippen LogP contribution in [0.25, 0.3) is 0 Å². The van der Waals surface area contributed by atoms with Crippen molar-refractivity contribution in [2.24, 2.45) is 28.7 Å². The molecule has 1 aromatic heterocycles. The summed E-state index contributed by atoms with van der Waals surface area (Å²) in [6.45, 7) is 2.94. The Balaban J connectivity index is 1.32. The number of nitrogens with zero attached hydrogens (tertiary/aromatic N) is 3. The molecule has 2 amide bonds. The van der Waals surface area contributed by atoms with Crippen LogP contribution < -0.4 is 10.6 Å². The van der Waals surface area contributed by atoms with Crippen LogP contribution in [0.5, 0.6) is 0 Å². The number of fused-ring (bicyclic) bond motifs is 5. The van der Waals surface area contributed by atoms with Crippen LogP contribution in [0.1, 0.15) is 24.0 Å². The van der Waals surface area contributed by atoms with Crippen LogP contribution in [-0.2, 0) is 22.3 Å². The van der Waals surface area contributed by atoms with E-state index in [4.69, 9.17) is 0 Å². The van der Waals surface area contributed by atoms with Crippen molar-refractivity contribution >= 4 is 29.1 Å². The summed E-state index contributed by atoms with van der Waals surface area (Å²) in [5.74, 6) is 0.0917. The van der Waals surface area contributed by atoms with Crippen LogP contribution in [0.3, 0.4) is 0 Å². The van der Waals surface area contributed by atoms with Crippen LogP contribution >= 0.6 is 11.3 Å². The number of alkyl halides is 3. The average molecular weight is 441 g/mol. The van der Waals surface area contributed by atoms with Gasteiger partial charge < -0.3 is 10.6 Å². The molecule has 2 N–H and O–H groups in total. The van der Waals surface area contributed by atoms with Crippen LogP contribution in [0.4, 0.5) is 13.2 Å². The van der Waals surface area contributed by atoms with Crippen molar-refractivity contribution in [1.82, 2.24) is 20.5 Å². The summed E-state index contributed by atoms with van der Waals surface area (Å²) in [6.07, 6.45) is 0.529. The highest BCUT2D eigenvalue weighted by Gasteiger charge is 2.58. The molecule has 2 heterocycles. The lowest BCUT2D eigenvalue weighted by Gasteiger charge is -2.18. The number of imide groups is 1. The Kier molecular flexibility index (Phi) is 5.56. The van der Waals surface area contributed by atoms with E-state index in [1.54, 1.807) is 0 Å². The third-order valence-corrected chi connectivity index (χ3v) is 6.58. The molecule has 4 unspecified atom stereocenters. The highest BCUT2D eigenvalue weighted by atomic mass is 32.1. The fourth-order valence-electron chi connectivity index (χ4n) is 4.47. The average Bonchev–Trinajstić information content (AvgIpc) is 3.45. The molecule has 2 bridgehead atoms. The standard InChI is InChI=1S/C19H22F3N5O2S/c1-2-23-18(25-8-13-26-12(9-30-13)19(20,21)22)24-5-6-27-16(28)14-10-3-4-11(7-10)15(14)17(27)29/h3-4,9-11,14-15H,2,5-8H2,1H3,(H2,23,24,25). The maximum atomic E-state index is 12.7. The van der Waals surface area contributed by atoms with Gasteiger partial charge in [0.15, 0.2) is 11.7 Å². The van der Waals surface area contributed by atoms with Crippen molar-refractivity contribution < 1.29 is 22.8 Å². The molecule has 0 aromatic carbocycles. The molecule has 7 nitrogen and oxygen atoms in total. The van der Waals surface area contributed by atoms with Gasteiger partial charge in [-0.15, -0.1) is 11.3 Å². The smallest absolute Gasteiger partial charge is 0.357 e. The molecule has 30 heavy (non-hydrogen) atoms. The number of allylic oxidation sites excluding steroid dienone is 2. The lowest BCUT2D eigenvalue weighted by atomic mass is 9.85. The molecule has 0 spiro atoms. The van der Waals surface area contributed by atoms with Gasteiger partial charge in [0.1, 0.15) is 5.01 Å². The number of aliphatic imine (C=N–C) groups is 1. The van der Waals surface area contributed by atoms with Crippen LogP contribution in [0.15, 0.2) is 22.5 Å². The summed E-state index contributed by atoms with van der Waals surface area (Å²) in [5, 5.41) is 7.25. The molecule has 0 radical (unpaired) electrons. The second kappa shape index (κ2) is 8.01. The number of carbonyl (C=O) groups excluding carboxylic acids is 2. The number of carbonyl (C=O) groups is 2. The molecular formula is C19H22F3N5O2S. The first kappa shape index (κ1) is 20.8. The van der Waals surface area contributed by atoms with Gasteiger partial charge in [0.05, 0.1) is 18.4 Å². The molecule has 1 saturated carbocycles. The molecule has 162 valence electrons. The van der Waals surface area contributed by atoms with Crippen molar-refractivity contribution in [3.63, 3.8) is 0 Å². The fraction of sp³-hybridized carbons (Fsp3) is 0.579.